The molecule has 3 nitrogen and oxygen atoms in total. The summed E-state index contributed by atoms with van der Waals surface area (Å²) in [5, 5.41) is 7.34. The third-order valence-electron chi connectivity index (χ3n) is 4.81. The lowest BCUT2D eigenvalue weighted by Gasteiger charge is -2.04. The molecule has 3 heterocycles. The number of benzene rings is 2. The SMILES string of the molecule is Cc1nn(C)c2[n+]1C(C)c1cc3c(cc1-2)sc1ccccc13. The quantitative estimate of drug-likeness (QED) is 0.450. The van der Waals surface area contributed by atoms with Gasteiger partial charge in [0.2, 0.25) is 0 Å². The molecule has 108 valence electrons. The van der Waals surface area contributed by atoms with Gasteiger partial charge in [0.15, 0.2) is 0 Å². The van der Waals surface area contributed by atoms with E-state index in [1.165, 1.54) is 37.1 Å². The van der Waals surface area contributed by atoms with E-state index in [4.69, 9.17) is 0 Å². The fourth-order valence-corrected chi connectivity index (χ4v) is 4.98. The minimum atomic E-state index is 0.349. The predicted octanol–water partition coefficient (Wildman–Crippen LogP) is 3.97. The summed E-state index contributed by atoms with van der Waals surface area (Å²) < 4.78 is 7.08. The summed E-state index contributed by atoms with van der Waals surface area (Å²) in [5.74, 6) is 2.30. The van der Waals surface area contributed by atoms with Gasteiger partial charge < -0.3 is 0 Å². The van der Waals surface area contributed by atoms with Crippen LogP contribution < -0.4 is 4.57 Å². The van der Waals surface area contributed by atoms with Crippen molar-refractivity contribution in [2.45, 2.75) is 19.9 Å². The fourth-order valence-electron chi connectivity index (χ4n) is 3.86. The van der Waals surface area contributed by atoms with Crippen LogP contribution in [0.5, 0.6) is 0 Å². The second-order valence-electron chi connectivity index (χ2n) is 6.07. The lowest BCUT2D eigenvalue weighted by atomic mass is 10.0. The Morgan fingerprint density at radius 3 is 2.82 bits per heavy atom. The van der Waals surface area contributed by atoms with Crippen LogP contribution in [0.4, 0.5) is 0 Å². The lowest BCUT2D eigenvalue weighted by Crippen LogP contribution is -2.37. The van der Waals surface area contributed by atoms with Crippen molar-refractivity contribution in [3.05, 3.63) is 47.8 Å². The summed E-state index contributed by atoms with van der Waals surface area (Å²) in [6.45, 7) is 4.36. The molecular weight excluding hydrogens is 290 g/mol. The topological polar surface area (TPSA) is 21.7 Å². The Balaban J connectivity index is 1.92. The highest BCUT2D eigenvalue weighted by molar-refractivity contribution is 7.25. The third-order valence-corrected chi connectivity index (χ3v) is 5.94. The molecule has 0 saturated heterocycles. The van der Waals surface area contributed by atoms with Gasteiger partial charge in [-0.1, -0.05) is 18.2 Å². The molecule has 0 amide bonds. The zero-order valence-corrected chi connectivity index (χ0v) is 13.6. The van der Waals surface area contributed by atoms with Crippen molar-refractivity contribution in [3.8, 4) is 11.4 Å². The first-order chi connectivity index (χ1) is 10.6. The van der Waals surface area contributed by atoms with E-state index < -0.39 is 0 Å². The Bertz CT molecular complexity index is 1070. The molecule has 0 saturated carbocycles. The largest absolute Gasteiger partial charge is 0.275 e. The number of rotatable bonds is 0. The average Bonchev–Trinajstić information content (AvgIpc) is 3.10. The highest BCUT2D eigenvalue weighted by Gasteiger charge is 2.36. The van der Waals surface area contributed by atoms with Crippen LogP contribution in [-0.2, 0) is 7.05 Å². The summed E-state index contributed by atoms with van der Waals surface area (Å²) in [6.07, 6.45) is 0. The second kappa shape index (κ2) is 3.96. The second-order valence-corrected chi connectivity index (χ2v) is 7.16. The molecule has 2 aromatic carbocycles. The number of aryl methyl sites for hydroxylation is 2. The zero-order chi connectivity index (χ0) is 15.0. The van der Waals surface area contributed by atoms with Gasteiger partial charge in [0, 0.05) is 37.8 Å². The molecule has 1 aliphatic heterocycles. The minimum Gasteiger partial charge on any atom is -0.221 e. The van der Waals surface area contributed by atoms with Gasteiger partial charge >= 0.3 is 0 Å². The van der Waals surface area contributed by atoms with Crippen molar-refractivity contribution in [1.29, 1.82) is 0 Å². The summed E-state index contributed by atoms with van der Waals surface area (Å²) in [7, 11) is 2.04. The maximum Gasteiger partial charge on any atom is 0.275 e. The first-order valence-corrected chi connectivity index (χ1v) is 8.37. The number of fused-ring (bicyclic) bond motifs is 6. The number of aromatic nitrogens is 3. The van der Waals surface area contributed by atoms with Crippen molar-refractivity contribution in [2.75, 3.05) is 0 Å². The van der Waals surface area contributed by atoms with Crippen LogP contribution in [0, 0.1) is 6.92 Å². The van der Waals surface area contributed by atoms with Crippen LogP contribution in [0.25, 0.3) is 31.6 Å². The van der Waals surface area contributed by atoms with Gasteiger partial charge in [-0.15, -0.1) is 16.0 Å². The Labute approximate surface area is 132 Å². The van der Waals surface area contributed by atoms with Gasteiger partial charge in [0.25, 0.3) is 11.6 Å². The number of thiophene rings is 1. The standard InChI is InChI=1S/C18H16N3S/c1-10-13-8-14-12-6-4-5-7-16(12)22-17(14)9-15(13)18-20(3)19-11(2)21(10)18/h4-10H,1-3H3/q+1. The normalized spacial score (nSPS) is 16.4. The van der Waals surface area contributed by atoms with E-state index >= 15 is 0 Å². The van der Waals surface area contributed by atoms with Gasteiger partial charge in [0.1, 0.15) is 6.04 Å². The maximum atomic E-state index is 4.59. The molecule has 0 fully saturated rings. The first kappa shape index (κ1) is 12.4. The Hall–Kier alpha value is -2.20. The Morgan fingerprint density at radius 1 is 1.14 bits per heavy atom. The van der Waals surface area contributed by atoms with Crippen LogP contribution >= 0.6 is 11.3 Å². The van der Waals surface area contributed by atoms with Crippen LogP contribution in [-0.4, -0.2) is 9.78 Å². The van der Waals surface area contributed by atoms with Crippen molar-refractivity contribution >= 4 is 31.5 Å². The summed E-state index contributed by atoms with van der Waals surface area (Å²) in [6, 6.07) is 13.8. The first-order valence-electron chi connectivity index (χ1n) is 7.56. The molecule has 2 aromatic heterocycles. The zero-order valence-electron chi connectivity index (χ0n) is 12.8. The molecular formula is C18H16N3S+. The summed E-state index contributed by atoms with van der Waals surface area (Å²) >= 11 is 1.88. The van der Waals surface area contributed by atoms with E-state index in [2.05, 4.69) is 59.9 Å². The van der Waals surface area contributed by atoms with Crippen LogP contribution in [0.2, 0.25) is 0 Å². The lowest BCUT2D eigenvalue weighted by molar-refractivity contribution is -0.700. The molecule has 0 spiro atoms. The van der Waals surface area contributed by atoms with Gasteiger partial charge in [0.05, 0.1) is 12.6 Å². The van der Waals surface area contributed by atoms with Crippen molar-refractivity contribution < 1.29 is 4.57 Å². The molecule has 0 N–H and O–H groups in total. The van der Waals surface area contributed by atoms with E-state index in [9.17, 15) is 0 Å². The highest BCUT2D eigenvalue weighted by atomic mass is 32.1. The van der Waals surface area contributed by atoms with E-state index in [0.717, 1.165) is 5.82 Å². The van der Waals surface area contributed by atoms with E-state index in [0.29, 0.717) is 6.04 Å². The van der Waals surface area contributed by atoms with E-state index in [1.807, 2.05) is 23.1 Å². The molecule has 0 bridgehead atoms. The third kappa shape index (κ3) is 1.36. The molecule has 4 aromatic rings. The van der Waals surface area contributed by atoms with Gasteiger partial charge in [-0.3, -0.25) is 0 Å². The molecule has 0 aliphatic carbocycles. The van der Waals surface area contributed by atoms with Crippen molar-refractivity contribution in [1.82, 2.24) is 9.78 Å². The summed E-state index contributed by atoms with van der Waals surface area (Å²) in [5.41, 5.74) is 2.74. The molecule has 1 unspecified atom stereocenters. The van der Waals surface area contributed by atoms with Gasteiger partial charge in [-0.05, 0) is 25.1 Å². The Morgan fingerprint density at radius 2 is 1.95 bits per heavy atom. The molecule has 1 aliphatic rings. The van der Waals surface area contributed by atoms with Gasteiger partial charge in [-0.2, -0.15) is 0 Å². The minimum absolute atomic E-state index is 0.349. The van der Waals surface area contributed by atoms with E-state index in [1.54, 1.807) is 0 Å². The number of hydrogen-bond acceptors (Lipinski definition) is 2. The molecule has 0 radical (unpaired) electrons. The Kier molecular flexibility index (Phi) is 2.22. The molecule has 22 heavy (non-hydrogen) atoms. The number of nitrogens with zero attached hydrogens (tertiary/aromatic N) is 3. The van der Waals surface area contributed by atoms with Gasteiger partial charge in [-0.25, -0.2) is 4.57 Å². The number of hydrogen-bond donors (Lipinski definition) is 0. The summed E-state index contributed by atoms with van der Waals surface area (Å²) in [4.78, 5) is 0. The van der Waals surface area contributed by atoms with Crippen molar-refractivity contribution in [2.24, 2.45) is 7.05 Å². The smallest absolute Gasteiger partial charge is 0.221 e. The molecule has 5 rings (SSSR count). The van der Waals surface area contributed by atoms with Crippen LogP contribution in [0.15, 0.2) is 36.4 Å². The van der Waals surface area contributed by atoms with E-state index in [-0.39, 0.29) is 0 Å². The molecule has 4 heteroatoms. The average molecular weight is 306 g/mol. The maximum absolute atomic E-state index is 4.59. The highest BCUT2D eigenvalue weighted by Crippen LogP contribution is 2.41. The molecule has 1 atom stereocenters. The van der Waals surface area contributed by atoms with Crippen molar-refractivity contribution in [3.63, 3.8) is 0 Å². The predicted molar refractivity (Wildman–Crippen MR) is 90.3 cm³/mol. The monoisotopic (exact) mass is 306 g/mol. The van der Waals surface area contributed by atoms with Crippen LogP contribution in [0.3, 0.4) is 0 Å². The van der Waals surface area contributed by atoms with Crippen LogP contribution in [0.1, 0.15) is 24.4 Å². The fraction of sp³-hybridized carbons (Fsp3) is 0.222.